The van der Waals surface area contributed by atoms with Gasteiger partial charge >= 0.3 is 0 Å². The molecule has 0 radical (unpaired) electrons. The quantitative estimate of drug-likeness (QED) is 0.702. The summed E-state index contributed by atoms with van der Waals surface area (Å²) in [5.74, 6) is 1.22. The molecule has 0 N–H and O–H groups in total. The van der Waals surface area contributed by atoms with E-state index in [4.69, 9.17) is 0 Å². The molecule has 16 heavy (non-hydrogen) atoms. The van der Waals surface area contributed by atoms with E-state index in [-0.39, 0.29) is 0 Å². The number of benzene rings is 1. The van der Waals surface area contributed by atoms with Gasteiger partial charge in [-0.15, -0.1) is 11.8 Å². The van der Waals surface area contributed by atoms with E-state index in [1.807, 2.05) is 0 Å². The molecule has 1 saturated carbocycles. The van der Waals surface area contributed by atoms with Crippen LogP contribution in [0.3, 0.4) is 0 Å². The van der Waals surface area contributed by atoms with E-state index in [1.165, 1.54) is 43.4 Å². The van der Waals surface area contributed by atoms with Crippen molar-refractivity contribution in [3.63, 3.8) is 0 Å². The van der Waals surface area contributed by atoms with E-state index in [2.05, 4.69) is 49.0 Å². The lowest BCUT2D eigenvalue weighted by molar-refractivity contribution is 0.652. The summed E-state index contributed by atoms with van der Waals surface area (Å²) in [5.41, 5.74) is 3.21. The highest BCUT2D eigenvalue weighted by Gasteiger charge is 2.14. The average Bonchev–Trinajstić information content (AvgIpc) is 2.25. The first kappa shape index (κ1) is 11.8. The van der Waals surface area contributed by atoms with Crippen molar-refractivity contribution in [3.05, 3.63) is 46.4 Å². The average molecular weight is 232 g/mol. The molecule has 0 spiro atoms. The molecule has 0 atom stereocenters. The van der Waals surface area contributed by atoms with Crippen LogP contribution in [0.2, 0.25) is 0 Å². The second-order valence-electron chi connectivity index (χ2n) is 4.30. The largest absolute Gasteiger partial charge is 0.131 e. The third kappa shape index (κ3) is 3.15. The normalized spacial score (nSPS) is 14.7. The summed E-state index contributed by atoms with van der Waals surface area (Å²) in [6.45, 7) is 2.26. The fourth-order valence-electron chi connectivity index (χ4n) is 2.06. The first-order valence-electron chi connectivity index (χ1n) is 6.27. The van der Waals surface area contributed by atoms with Crippen LogP contribution in [0.4, 0.5) is 0 Å². The molecule has 1 aliphatic carbocycles. The van der Waals surface area contributed by atoms with Gasteiger partial charge in [-0.2, -0.15) is 0 Å². The van der Waals surface area contributed by atoms with Gasteiger partial charge in [0.05, 0.1) is 0 Å². The van der Waals surface area contributed by atoms with Gasteiger partial charge in [-0.3, -0.25) is 0 Å². The van der Waals surface area contributed by atoms with Gasteiger partial charge in [0.25, 0.3) is 0 Å². The van der Waals surface area contributed by atoms with Gasteiger partial charge in [0, 0.05) is 0 Å². The number of hydrogen-bond donors (Lipinski definition) is 0. The Hall–Kier alpha value is -0.690. The van der Waals surface area contributed by atoms with Crippen molar-refractivity contribution >= 4 is 11.8 Å². The molecule has 0 aromatic heterocycles. The van der Waals surface area contributed by atoms with E-state index < -0.39 is 0 Å². The summed E-state index contributed by atoms with van der Waals surface area (Å²) >= 11 is 2.06. The lowest BCUT2D eigenvalue weighted by atomic mass is 9.91. The zero-order chi connectivity index (χ0) is 11.2. The highest BCUT2D eigenvalue weighted by atomic mass is 32.2. The van der Waals surface area contributed by atoms with Crippen molar-refractivity contribution in [1.82, 2.24) is 0 Å². The van der Waals surface area contributed by atoms with Gasteiger partial charge in [0.15, 0.2) is 0 Å². The molecule has 0 bridgehead atoms. The van der Waals surface area contributed by atoms with Crippen LogP contribution in [0.15, 0.2) is 40.8 Å². The van der Waals surface area contributed by atoms with Crippen LogP contribution in [0, 0.1) is 0 Å². The maximum Gasteiger partial charge on any atom is -0.00517 e. The third-order valence-corrected chi connectivity index (χ3v) is 4.28. The van der Waals surface area contributed by atoms with E-state index in [0.717, 1.165) is 0 Å². The molecule has 0 aliphatic heterocycles. The minimum atomic E-state index is 1.20. The van der Waals surface area contributed by atoms with Gasteiger partial charge in [0.1, 0.15) is 0 Å². The predicted molar refractivity (Wildman–Crippen MR) is 73.8 cm³/mol. The summed E-state index contributed by atoms with van der Waals surface area (Å²) in [7, 11) is 0. The Kier molecular flexibility index (Phi) is 4.53. The fraction of sp³-hybridized carbons (Fsp3) is 0.467. The molecule has 0 amide bonds. The zero-order valence-electron chi connectivity index (χ0n) is 10.0. The van der Waals surface area contributed by atoms with Crippen LogP contribution in [0.1, 0.15) is 38.2 Å². The molecule has 0 heterocycles. The zero-order valence-corrected chi connectivity index (χ0v) is 10.9. The second kappa shape index (κ2) is 6.15. The smallest absolute Gasteiger partial charge is 0.00517 e. The molecule has 2 rings (SSSR count). The first-order chi connectivity index (χ1) is 7.90. The number of aryl methyl sites for hydroxylation is 1. The maximum absolute atomic E-state index is 2.26. The minimum absolute atomic E-state index is 1.20. The van der Waals surface area contributed by atoms with Crippen molar-refractivity contribution in [2.24, 2.45) is 0 Å². The van der Waals surface area contributed by atoms with Crippen molar-refractivity contribution in [2.45, 2.75) is 39.0 Å². The van der Waals surface area contributed by atoms with Gasteiger partial charge in [-0.05, 0) is 48.3 Å². The molecular formula is C15H20S. The van der Waals surface area contributed by atoms with Crippen LogP contribution >= 0.6 is 11.8 Å². The second-order valence-corrected chi connectivity index (χ2v) is 5.66. The van der Waals surface area contributed by atoms with Crippen molar-refractivity contribution in [2.75, 3.05) is 5.75 Å². The molecule has 1 aliphatic rings. The van der Waals surface area contributed by atoms with Crippen molar-refractivity contribution < 1.29 is 0 Å². The van der Waals surface area contributed by atoms with Crippen LogP contribution in [0.5, 0.6) is 0 Å². The Morgan fingerprint density at radius 1 is 1.19 bits per heavy atom. The standard InChI is InChI=1S/C15H20S/c1-2-16-15(14-9-6-10-14)12-11-13-7-4-3-5-8-13/h3-5,7-8H,2,6,9-12H2,1H3. The molecule has 0 unspecified atom stereocenters. The Labute approximate surface area is 103 Å². The van der Waals surface area contributed by atoms with Crippen LogP contribution in [0.25, 0.3) is 0 Å². The SMILES string of the molecule is CCSC(CCc1ccccc1)=C1CCC1. The number of allylic oxidation sites excluding steroid dienone is 2. The summed E-state index contributed by atoms with van der Waals surface area (Å²) in [6, 6.07) is 10.8. The number of rotatable bonds is 5. The Bertz CT molecular complexity index is 345. The highest BCUT2D eigenvalue weighted by Crippen LogP contribution is 2.36. The molecule has 0 saturated heterocycles. The van der Waals surface area contributed by atoms with Gasteiger partial charge < -0.3 is 0 Å². The summed E-state index contributed by atoms with van der Waals surface area (Å²) < 4.78 is 0. The van der Waals surface area contributed by atoms with E-state index in [1.54, 1.807) is 10.5 Å². The van der Waals surface area contributed by atoms with E-state index >= 15 is 0 Å². The molecular weight excluding hydrogens is 212 g/mol. The van der Waals surface area contributed by atoms with Crippen LogP contribution < -0.4 is 0 Å². The summed E-state index contributed by atoms with van der Waals surface area (Å²) in [5, 5.41) is 0. The van der Waals surface area contributed by atoms with Crippen LogP contribution in [-0.2, 0) is 6.42 Å². The fourth-order valence-corrected chi connectivity index (χ4v) is 3.06. The molecule has 1 fully saturated rings. The topological polar surface area (TPSA) is 0 Å². The van der Waals surface area contributed by atoms with E-state index in [9.17, 15) is 0 Å². The van der Waals surface area contributed by atoms with Crippen LogP contribution in [-0.4, -0.2) is 5.75 Å². The summed E-state index contributed by atoms with van der Waals surface area (Å²) in [6.07, 6.45) is 6.58. The Morgan fingerprint density at radius 2 is 1.94 bits per heavy atom. The highest BCUT2D eigenvalue weighted by molar-refractivity contribution is 8.03. The number of thioether (sulfide) groups is 1. The van der Waals surface area contributed by atoms with Crippen molar-refractivity contribution in [1.29, 1.82) is 0 Å². The monoisotopic (exact) mass is 232 g/mol. The first-order valence-corrected chi connectivity index (χ1v) is 7.26. The minimum Gasteiger partial charge on any atom is -0.131 e. The Morgan fingerprint density at radius 3 is 2.50 bits per heavy atom. The molecule has 1 heteroatoms. The lowest BCUT2D eigenvalue weighted by Gasteiger charge is -2.21. The van der Waals surface area contributed by atoms with Crippen molar-refractivity contribution in [3.8, 4) is 0 Å². The van der Waals surface area contributed by atoms with Gasteiger partial charge in [0.2, 0.25) is 0 Å². The summed E-state index contributed by atoms with van der Waals surface area (Å²) in [4.78, 5) is 1.68. The molecule has 0 nitrogen and oxygen atoms in total. The molecule has 86 valence electrons. The Balaban J connectivity index is 1.92. The van der Waals surface area contributed by atoms with Gasteiger partial charge in [-0.1, -0.05) is 42.8 Å². The molecule has 1 aromatic rings. The van der Waals surface area contributed by atoms with E-state index in [0.29, 0.717) is 0 Å². The lowest BCUT2D eigenvalue weighted by Crippen LogP contribution is -2.01. The maximum atomic E-state index is 2.26. The van der Waals surface area contributed by atoms with Gasteiger partial charge in [-0.25, -0.2) is 0 Å². The molecule has 1 aromatic carbocycles. The predicted octanol–water partition coefficient (Wildman–Crippen LogP) is 4.81. The number of hydrogen-bond acceptors (Lipinski definition) is 1. The third-order valence-electron chi connectivity index (χ3n) is 3.15.